The van der Waals surface area contributed by atoms with E-state index >= 15 is 0 Å². The van der Waals surface area contributed by atoms with Crippen LogP contribution in [-0.4, -0.2) is 71.7 Å². The summed E-state index contributed by atoms with van der Waals surface area (Å²) in [5.74, 6) is -0.738. The Labute approximate surface area is 129 Å². The molecule has 0 heterocycles. The summed E-state index contributed by atoms with van der Waals surface area (Å²) in [4.78, 5) is 16.3. The number of nitrogens with zero attached hydrogens (tertiary/aromatic N) is 2. The van der Waals surface area contributed by atoms with Crippen LogP contribution in [0.25, 0.3) is 0 Å². The van der Waals surface area contributed by atoms with Gasteiger partial charge in [-0.25, -0.2) is 0 Å². The molecule has 1 saturated carbocycles. The van der Waals surface area contributed by atoms with Crippen LogP contribution in [0.1, 0.15) is 47.0 Å². The zero-order chi connectivity index (χ0) is 16.2. The highest BCUT2D eigenvalue weighted by Gasteiger charge is 2.40. The molecule has 0 saturated heterocycles. The molecule has 0 radical (unpaired) electrons. The van der Waals surface area contributed by atoms with Gasteiger partial charge >= 0.3 is 5.97 Å². The van der Waals surface area contributed by atoms with Crippen LogP contribution < -0.4 is 5.32 Å². The molecule has 5 nitrogen and oxygen atoms in total. The number of aliphatic carboxylic acids is 1. The molecule has 1 fully saturated rings. The summed E-state index contributed by atoms with van der Waals surface area (Å²) >= 11 is 0. The largest absolute Gasteiger partial charge is 0.480 e. The fourth-order valence-electron chi connectivity index (χ4n) is 3.29. The van der Waals surface area contributed by atoms with Crippen molar-refractivity contribution in [1.29, 1.82) is 0 Å². The van der Waals surface area contributed by atoms with Crippen molar-refractivity contribution in [1.82, 2.24) is 15.1 Å². The van der Waals surface area contributed by atoms with Gasteiger partial charge in [-0.15, -0.1) is 0 Å². The van der Waals surface area contributed by atoms with Crippen molar-refractivity contribution in [3.05, 3.63) is 0 Å². The van der Waals surface area contributed by atoms with Gasteiger partial charge in [-0.3, -0.25) is 15.0 Å². The number of carboxylic acid groups (broad SMARTS) is 1. The Morgan fingerprint density at radius 3 is 2.29 bits per heavy atom. The summed E-state index contributed by atoms with van der Waals surface area (Å²) in [5, 5.41) is 12.9. The Kier molecular flexibility index (Phi) is 6.63. The number of likely N-dealkylation sites (N-methyl/N-ethyl adjacent to an activating group) is 2. The molecule has 1 aliphatic rings. The van der Waals surface area contributed by atoms with Gasteiger partial charge in [-0.1, -0.05) is 6.92 Å². The van der Waals surface area contributed by atoms with Gasteiger partial charge in [-0.05, 0) is 60.7 Å². The summed E-state index contributed by atoms with van der Waals surface area (Å²) in [7, 11) is 4.15. The maximum Gasteiger partial charge on any atom is 0.323 e. The molecule has 1 rings (SSSR count). The number of nitrogens with one attached hydrogen (secondary N) is 1. The minimum absolute atomic E-state index is 0.234. The first-order valence-electron chi connectivity index (χ1n) is 8.11. The van der Waals surface area contributed by atoms with Crippen LogP contribution in [0.15, 0.2) is 0 Å². The maximum atomic E-state index is 11.7. The summed E-state index contributed by atoms with van der Waals surface area (Å²) in [6.07, 6.45) is 2.84. The quantitative estimate of drug-likeness (QED) is 0.642. The molecular formula is C16H33N3O2. The summed E-state index contributed by atoms with van der Waals surface area (Å²) in [6.45, 7) is 10.3. The molecule has 3 atom stereocenters. The van der Waals surface area contributed by atoms with Gasteiger partial charge in [0, 0.05) is 24.7 Å². The van der Waals surface area contributed by atoms with Gasteiger partial charge in [0.2, 0.25) is 0 Å². The second-order valence-electron chi connectivity index (χ2n) is 7.05. The first-order valence-corrected chi connectivity index (χ1v) is 8.11. The van der Waals surface area contributed by atoms with E-state index in [2.05, 4.69) is 50.0 Å². The number of hydrogen-bond acceptors (Lipinski definition) is 4. The molecule has 3 unspecified atom stereocenters. The minimum atomic E-state index is -0.828. The van der Waals surface area contributed by atoms with Crippen LogP contribution in [0.3, 0.4) is 0 Å². The zero-order valence-electron chi connectivity index (χ0n) is 14.5. The van der Waals surface area contributed by atoms with Gasteiger partial charge < -0.3 is 10.0 Å². The highest BCUT2D eigenvalue weighted by Crippen LogP contribution is 2.26. The Morgan fingerprint density at radius 2 is 1.90 bits per heavy atom. The van der Waals surface area contributed by atoms with E-state index in [0.29, 0.717) is 18.5 Å². The molecule has 0 amide bonds. The van der Waals surface area contributed by atoms with Gasteiger partial charge in [0.15, 0.2) is 0 Å². The first-order chi connectivity index (χ1) is 9.69. The van der Waals surface area contributed by atoms with E-state index in [0.717, 1.165) is 25.9 Å². The van der Waals surface area contributed by atoms with Gasteiger partial charge in [0.25, 0.3) is 0 Å². The van der Waals surface area contributed by atoms with E-state index < -0.39 is 11.5 Å². The van der Waals surface area contributed by atoms with Crippen molar-refractivity contribution in [2.75, 3.05) is 27.2 Å². The SMILES string of the molecule is CCN(C(C)CN(C)C)C(C)CC(C)(NC1CC1)C(=O)O. The van der Waals surface area contributed by atoms with Crippen LogP contribution in [-0.2, 0) is 4.79 Å². The monoisotopic (exact) mass is 299 g/mol. The molecule has 2 N–H and O–H groups in total. The Bertz CT molecular complexity index is 344. The molecule has 0 aromatic rings. The highest BCUT2D eigenvalue weighted by molar-refractivity contribution is 5.78. The number of carboxylic acids is 1. The van der Waals surface area contributed by atoms with Crippen LogP contribution in [0.4, 0.5) is 0 Å². The fraction of sp³-hybridized carbons (Fsp3) is 0.938. The smallest absolute Gasteiger partial charge is 0.323 e. The molecule has 0 bridgehead atoms. The molecule has 0 aromatic carbocycles. The van der Waals surface area contributed by atoms with E-state index in [9.17, 15) is 9.90 Å². The van der Waals surface area contributed by atoms with Crippen LogP contribution in [0.2, 0.25) is 0 Å². The lowest BCUT2D eigenvalue weighted by atomic mass is 9.92. The zero-order valence-corrected chi connectivity index (χ0v) is 14.5. The van der Waals surface area contributed by atoms with E-state index in [1.165, 1.54) is 0 Å². The second-order valence-corrected chi connectivity index (χ2v) is 7.05. The summed E-state index contributed by atoms with van der Waals surface area (Å²) < 4.78 is 0. The number of hydrogen-bond donors (Lipinski definition) is 2. The number of carbonyl (C=O) groups is 1. The average molecular weight is 299 g/mol. The topological polar surface area (TPSA) is 55.8 Å². The van der Waals surface area contributed by atoms with E-state index in [1.807, 2.05) is 6.92 Å². The first kappa shape index (κ1) is 18.4. The average Bonchev–Trinajstić information content (AvgIpc) is 3.11. The summed E-state index contributed by atoms with van der Waals surface area (Å²) in [6, 6.07) is 1.05. The lowest BCUT2D eigenvalue weighted by molar-refractivity contribution is -0.145. The standard InChI is InChI=1S/C16H33N3O2/c1-7-19(13(3)11-18(5)6)12(2)10-16(4,15(20)21)17-14-8-9-14/h12-14,17H,7-11H2,1-6H3,(H,20,21). The van der Waals surface area contributed by atoms with Crippen molar-refractivity contribution >= 4 is 5.97 Å². The van der Waals surface area contributed by atoms with Crippen molar-refractivity contribution in [2.24, 2.45) is 0 Å². The normalized spacial score (nSPS) is 21.3. The predicted octanol–water partition coefficient (Wildman–Crippen LogP) is 1.63. The molecule has 21 heavy (non-hydrogen) atoms. The highest BCUT2D eigenvalue weighted by atomic mass is 16.4. The number of rotatable bonds is 10. The van der Waals surface area contributed by atoms with Crippen LogP contribution in [0.5, 0.6) is 0 Å². The van der Waals surface area contributed by atoms with Gasteiger partial charge in [-0.2, -0.15) is 0 Å². The summed E-state index contributed by atoms with van der Waals surface area (Å²) in [5.41, 5.74) is -0.828. The van der Waals surface area contributed by atoms with Crippen molar-refractivity contribution in [2.45, 2.75) is 70.6 Å². The molecule has 0 spiro atoms. The van der Waals surface area contributed by atoms with Crippen LogP contribution >= 0.6 is 0 Å². The predicted molar refractivity (Wildman–Crippen MR) is 86.7 cm³/mol. The minimum Gasteiger partial charge on any atom is -0.480 e. The molecule has 0 aromatic heterocycles. The lowest BCUT2D eigenvalue weighted by Gasteiger charge is -2.39. The van der Waals surface area contributed by atoms with Gasteiger partial charge in [0.1, 0.15) is 5.54 Å². The molecule has 0 aliphatic heterocycles. The molecule has 5 heteroatoms. The Hall–Kier alpha value is -0.650. The lowest BCUT2D eigenvalue weighted by Crippen LogP contribution is -2.55. The van der Waals surface area contributed by atoms with Crippen molar-refractivity contribution in [3.8, 4) is 0 Å². The third kappa shape index (κ3) is 5.57. The third-order valence-corrected chi connectivity index (χ3v) is 4.40. The molecular weight excluding hydrogens is 266 g/mol. The van der Waals surface area contributed by atoms with E-state index in [-0.39, 0.29) is 6.04 Å². The van der Waals surface area contributed by atoms with E-state index in [4.69, 9.17) is 0 Å². The molecule has 1 aliphatic carbocycles. The third-order valence-electron chi connectivity index (χ3n) is 4.40. The van der Waals surface area contributed by atoms with Gasteiger partial charge in [0.05, 0.1) is 0 Å². The molecule has 124 valence electrons. The van der Waals surface area contributed by atoms with Crippen molar-refractivity contribution < 1.29 is 9.90 Å². The van der Waals surface area contributed by atoms with Crippen LogP contribution in [0, 0.1) is 0 Å². The Morgan fingerprint density at radius 1 is 1.33 bits per heavy atom. The van der Waals surface area contributed by atoms with Crippen molar-refractivity contribution in [3.63, 3.8) is 0 Å². The fourth-order valence-corrected chi connectivity index (χ4v) is 3.29. The second kappa shape index (κ2) is 7.56. The maximum absolute atomic E-state index is 11.7. The Balaban J connectivity index is 2.68. The van der Waals surface area contributed by atoms with E-state index in [1.54, 1.807) is 0 Å².